The Balaban J connectivity index is 2.90. The molecule has 0 bridgehead atoms. The summed E-state index contributed by atoms with van der Waals surface area (Å²) in [6, 6.07) is 6.79. The van der Waals surface area contributed by atoms with Gasteiger partial charge in [0.05, 0.1) is 0 Å². The van der Waals surface area contributed by atoms with Crippen LogP contribution in [0.1, 0.15) is 48.2 Å². The molecule has 0 aromatic heterocycles. The normalized spacial score (nSPS) is 13.2. The molecule has 1 aromatic carbocycles. The second-order valence-corrected chi connectivity index (χ2v) is 5.31. The van der Waals surface area contributed by atoms with Gasteiger partial charge in [-0.1, -0.05) is 60.8 Å². The number of hydrogen-bond donors (Lipinski definition) is 0. The molecule has 0 radical (unpaired) electrons. The summed E-state index contributed by atoms with van der Waals surface area (Å²) in [6.07, 6.45) is 2.47. The van der Waals surface area contributed by atoms with Crippen molar-refractivity contribution in [3.8, 4) is 0 Å². The van der Waals surface area contributed by atoms with Gasteiger partial charge < -0.3 is 0 Å². The van der Waals surface area contributed by atoms with Crippen molar-refractivity contribution in [1.82, 2.24) is 0 Å². The summed E-state index contributed by atoms with van der Waals surface area (Å²) in [5.74, 6) is 0.743. The van der Waals surface area contributed by atoms with Crippen molar-refractivity contribution in [1.29, 1.82) is 0 Å². The molecule has 0 amide bonds. The fourth-order valence-electron chi connectivity index (χ4n) is 1.91. The van der Waals surface area contributed by atoms with Crippen molar-refractivity contribution in [2.75, 3.05) is 0 Å². The molecule has 0 saturated heterocycles. The molecule has 0 fully saturated rings. The molecule has 1 aromatic rings. The fraction of sp³-hybridized carbons (Fsp3) is 0.571. The van der Waals surface area contributed by atoms with Crippen LogP contribution in [0.3, 0.4) is 0 Å². The molecule has 0 saturated carbocycles. The molecule has 0 N–H and O–H groups in total. The highest BCUT2D eigenvalue weighted by molar-refractivity contribution is 9.09. The van der Waals surface area contributed by atoms with Crippen LogP contribution in [0.2, 0.25) is 0 Å². The summed E-state index contributed by atoms with van der Waals surface area (Å²) in [5, 5.41) is 0. The Morgan fingerprint density at radius 2 is 1.67 bits per heavy atom. The van der Waals surface area contributed by atoms with Gasteiger partial charge in [0.1, 0.15) is 0 Å². The third-order valence-corrected chi connectivity index (χ3v) is 4.59. The van der Waals surface area contributed by atoms with Crippen LogP contribution in [0, 0.1) is 19.8 Å². The summed E-state index contributed by atoms with van der Waals surface area (Å²) in [6.45, 7) is 8.89. The molecular formula is C14H21Br. The molecule has 0 heterocycles. The minimum atomic E-state index is 0.506. The molecule has 0 aliphatic heterocycles. The van der Waals surface area contributed by atoms with Crippen molar-refractivity contribution in [2.45, 2.75) is 45.4 Å². The second-order valence-electron chi connectivity index (χ2n) is 4.32. The van der Waals surface area contributed by atoms with Gasteiger partial charge in [0.2, 0.25) is 0 Å². The highest BCUT2D eigenvalue weighted by Crippen LogP contribution is 2.35. The molecule has 84 valence electrons. The number of aryl methyl sites for hydroxylation is 2. The van der Waals surface area contributed by atoms with Gasteiger partial charge in [-0.05, 0) is 36.5 Å². The SMILES string of the molecule is CCC(CC)C(Br)c1ccc(C)c(C)c1. The Hall–Kier alpha value is -0.300. The maximum atomic E-state index is 3.83. The van der Waals surface area contributed by atoms with Crippen LogP contribution < -0.4 is 0 Å². The minimum Gasteiger partial charge on any atom is -0.0836 e. The zero-order chi connectivity index (χ0) is 11.4. The summed E-state index contributed by atoms with van der Waals surface area (Å²) < 4.78 is 0. The first-order valence-corrected chi connectivity index (χ1v) is 6.72. The van der Waals surface area contributed by atoms with Crippen molar-refractivity contribution >= 4 is 15.9 Å². The van der Waals surface area contributed by atoms with Crippen LogP contribution in [-0.2, 0) is 0 Å². The Morgan fingerprint density at radius 1 is 1.07 bits per heavy atom. The van der Waals surface area contributed by atoms with E-state index in [0.29, 0.717) is 4.83 Å². The van der Waals surface area contributed by atoms with Crippen LogP contribution in [0.15, 0.2) is 18.2 Å². The number of benzene rings is 1. The topological polar surface area (TPSA) is 0 Å². The van der Waals surface area contributed by atoms with Crippen molar-refractivity contribution in [2.24, 2.45) is 5.92 Å². The molecule has 1 rings (SSSR count). The van der Waals surface area contributed by atoms with Crippen LogP contribution in [0.25, 0.3) is 0 Å². The first kappa shape index (κ1) is 12.8. The van der Waals surface area contributed by atoms with Crippen LogP contribution in [0.5, 0.6) is 0 Å². The third-order valence-electron chi connectivity index (χ3n) is 3.31. The molecule has 15 heavy (non-hydrogen) atoms. The molecule has 0 spiro atoms. The Morgan fingerprint density at radius 3 is 2.13 bits per heavy atom. The summed E-state index contributed by atoms with van der Waals surface area (Å²) >= 11 is 3.83. The van der Waals surface area contributed by atoms with E-state index >= 15 is 0 Å². The van der Waals surface area contributed by atoms with E-state index < -0.39 is 0 Å². The van der Waals surface area contributed by atoms with Gasteiger partial charge in [-0.2, -0.15) is 0 Å². The van der Waals surface area contributed by atoms with E-state index in [1.54, 1.807) is 0 Å². The van der Waals surface area contributed by atoms with Crippen molar-refractivity contribution in [3.05, 3.63) is 34.9 Å². The van der Waals surface area contributed by atoms with E-state index in [1.807, 2.05) is 0 Å². The lowest BCUT2D eigenvalue weighted by molar-refractivity contribution is 0.486. The van der Waals surface area contributed by atoms with E-state index in [0.717, 1.165) is 5.92 Å². The Bertz CT molecular complexity index is 313. The first-order chi connectivity index (χ1) is 7.10. The van der Waals surface area contributed by atoms with E-state index in [-0.39, 0.29) is 0 Å². The second kappa shape index (κ2) is 5.69. The summed E-state index contributed by atoms with van der Waals surface area (Å²) in [4.78, 5) is 0.506. The molecule has 0 nitrogen and oxygen atoms in total. The lowest BCUT2D eigenvalue weighted by atomic mass is 9.93. The highest BCUT2D eigenvalue weighted by atomic mass is 79.9. The highest BCUT2D eigenvalue weighted by Gasteiger charge is 2.17. The maximum Gasteiger partial charge on any atom is 0.0423 e. The Labute approximate surface area is 102 Å². The van der Waals surface area contributed by atoms with Crippen molar-refractivity contribution < 1.29 is 0 Å². The van der Waals surface area contributed by atoms with Crippen molar-refractivity contribution in [3.63, 3.8) is 0 Å². The zero-order valence-corrected chi connectivity index (χ0v) is 11.8. The fourth-order valence-corrected chi connectivity index (χ4v) is 2.94. The van der Waals surface area contributed by atoms with Crippen LogP contribution >= 0.6 is 15.9 Å². The standard InChI is InChI=1S/C14H21Br/c1-5-12(6-2)14(15)13-8-7-10(3)11(4)9-13/h7-9,12,14H,5-6H2,1-4H3. The molecule has 1 atom stereocenters. The van der Waals surface area contributed by atoms with Crippen LogP contribution in [-0.4, -0.2) is 0 Å². The molecule has 1 unspecified atom stereocenters. The van der Waals surface area contributed by atoms with E-state index in [2.05, 4.69) is 61.8 Å². The molecule has 1 heteroatoms. The monoisotopic (exact) mass is 268 g/mol. The average molecular weight is 269 g/mol. The average Bonchev–Trinajstić information content (AvgIpc) is 2.23. The Kier molecular flexibility index (Phi) is 4.85. The van der Waals surface area contributed by atoms with Gasteiger partial charge >= 0.3 is 0 Å². The molecular weight excluding hydrogens is 248 g/mol. The predicted octanol–water partition coefficient (Wildman–Crippen LogP) is 5.18. The number of alkyl halides is 1. The van der Waals surface area contributed by atoms with Gasteiger partial charge in [0.15, 0.2) is 0 Å². The summed E-state index contributed by atoms with van der Waals surface area (Å²) in [7, 11) is 0. The molecule has 0 aliphatic rings. The van der Waals surface area contributed by atoms with Gasteiger partial charge in [-0.15, -0.1) is 0 Å². The third kappa shape index (κ3) is 3.07. The number of halogens is 1. The lowest BCUT2D eigenvalue weighted by Crippen LogP contribution is -2.05. The lowest BCUT2D eigenvalue weighted by Gasteiger charge is -2.20. The predicted molar refractivity (Wildman–Crippen MR) is 71.7 cm³/mol. The van der Waals surface area contributed by atoms with Gasteiger partial charge in [-0.25, -0.2) is 0 Å². The first-order valence-electron chi connectivity index (χ1n) is 5.81. The number of rotatable bonds is 4. The van der Waals surface area contributed by atoms with Gasteiger partial charge in [-0.3, -0.25) is 0 Å². The minimum absolute atomic E-state index is 0.506. The van der Waals surface area contributed by atoms with Gasteiger partial charge in [0, 0.05) is 4.83 Å². The van der Waals surface area contributed by atoms with E-state index in [1.165, 1.54) is 29.5 Å². The maximum absolute atomic E-state index is 3.83. The zero-order valence-electron chi connectivity index (χ0n) is 10.2. The van der Waals surface area contributed by atoms with E-state index in [9.17, 15) is 0 Å². The quantitative estimate of drug-likeness (QED) is 0.661. The van der Waals surface area contributed by atoms with E-state index in [4.69, 9.17) is 0 Å². The summed E-state index contributed by atoms with van der Waals surface area (Å²) in [5.41, 5.74) is 4.19. The number of hydrogen-bond acceptors (Lipinski definition) is 0. The van der Waals surface area contributed by atoms with Crippen LogP contribution in [0.4, 0.5) is 0 Å². The molecule has 0 aliphatic carbocycles. The largest absolute Gasteiger partial charge is 0.0836 e. The smallest absolute Gasteiger partial charge is 0.0423 e. The van der Waals surface area contributed by atoms with Gasteiger partial charge in [0.25, 0.3) is 0 Å².